The molecule has 0 radical (unpaired) electrons. The van der Waals surface area contributed by atoms with E-state index in [0.717, 1.165) is 13.1 Å². The lowest BCUT2D eigenvalue weighted by atomic mass is 9.96. The van der Waals surface area contributed by atoms with E-state index in [9.17, 15) is 9.18 Å². The number of carbonyl (C=O) groups is 1. The number of benzene rings is 1. The van der Waals surface area contributed by atoms with Crippen molar-refractivity contribution in [2.24, 2.45) is 4.99 Å². The number of nitrogens with zero attached hydrogens (tertiary/aromatic N) is 2. The molecule has 6 nitrogen and oxygen atoms in total. The van der Waals surface area contributed by atoms with Crippen LogP contribution in [0.3, 0.4) is 0 Å². The Bertz CT molecular complexity index is 781. The predicted molar refractivity (Wildman–Crippen MR) is 104 cm³/mol. The maximum absolute atomic E-state index is 13.5. The van der Waals surface area contributed by atoms with Gasteiger partial charge < -0.3 is 14.8 Å². The third-order valence-corrected chi connectivity index (χ3v) is 5.21. The van der Waals surface area contributed by atoms with E-state index < -0.39 is 12.0 Å². The maximum Gasteiger partial charge on any atom is 0.338 e. The molecule has 2 aliphatic rings. The summed E-state index contributed by atoms with van der Waals surface area (Å²) >= 11 is 9.59. The molecule has 1 aromatic rings. The number of morpholine rings is 1. The topological polar surface area (TPSA) is 63.2 Å². The first-order chi connectivity index (χ1) is 13.0. The van der Waals surface area contributed by atoms with Gasteiger partial charge in [-0.05, 0) is 36.2 Å². The lowest BCUT2D eigenvalue weighted by Gasteiger charge is -2.31. The number of hydrogen-bond acceptors (Lipinski definition) is 6. The molecule has 9 heteroatoms. The van der Waals surface area contributed by atoms with Gasteiger partial charge in [-0.15, -0.1) is 0 Å². The van der Waals surface area contributed by atoms with E-state index in [1.165, 1.54) is 12.1 Å². The second kappa shape index (κ2) is 9.14. The first-order valence-electron chi connectivity index (χ1n) is 8.65. The van der Waals surface area contributed by atoms with Gasteiger partial charge in [0.15, 0.2) is 5.29 Å². The molecule has 0 spiro atoms. The molecular weight excluding hydrogens is 441 g/mol. The Morgan fingerprint density at radius 2 is 2.22 bits per heavy atom. The molecule has 0 amide bonds. The van der Waals surface area contributed by atoms with Crippen molar-refractivity contribution >= 4 is 38.8 Å². The SMILES string of the molecule is CCOC(=O)C1=C(CN2CCOCC2)NC(Cl)=NC1c1ccc(F)cc1Br. The van der Waals surface area contributed by atoms with Gasteiger partial charge in [-0.1, -0.05) is 22.0 Å². The molecule has 27 heavy (non-hydrogen) atoms. The Morgan fingerprint density at radius 3 is 2.89 bits per heavy atom. The van der Waals surface area contributed by atoms with Gasteiger partial charge in [-0.2, -0.15) is 0 Å². The van der Waals surface area contributed by atoms with Gasteiger partial charge in [0.25, 0.3) is 0 Å². The lowest BCUT2D eigenvalue weighted by Crippen LogP contribution is -2.42. The summed E-state index contributed by atoms with van der Waals surface area (Å²) in [6.45, 7) is 5.24. The molecule has 0 aliphatic carbocycles. The molecule has 1 unspecified atom stereocenters. The molecule has 1 aromatic carbocycles. The largest absolute Gasteiger partial charge is 0.463 e. The molecule has 1 atom stereocenters. The monoisotopic (exact) mass is 459 g/mol. The minimum Gasteiger partial charge on any atom is -0.463 e. The van der Waals surface area contributed by atoms with Crippen LogP contribution in [0.4, 0.5) is 4.39 Å². The number of halogens is 3. The highest BCUT2D eigenvalue weighted by Crippen LogP contribution is 2.36. The first kappa shape index (κ1) is 20.3. The summed E-state index contributed by atoms with van der Waals surface area (Å²) in [5, 5.41) is 3.18. The van der Waals surface area contributed by atoms with Gasteiger partial charge in [-0.25, -0.2) is 14.2 Å². The predicted octanol–water partition coefficient (Wildman–Crippen LogP) is 2.98. The minimum atomic E-state index is -0.691. The van der Waals surface area contributed by atoms with Crippen molar-refractivity contribution < 1.29 is 18.7 Å². The van der Waals surface area contributed by atoms with Crippen molar-refractivity contribution in [1.29, 1.82) is 0 Å². The van der Waals surface area contributed by atoms with Crippen LogP contribution in [0.25, 0.3) is 0 Å². The number of hydrogen-bond donors (Lipinski definition) is 1. The average molecular weight is 461 g/mol. The summed E-state index contributed by atoms with van der Waals surface area (Å²) in [7, 11) is 0. The number of nitrogens with one attached hydrogen (secondary N) is 1. The van der Waals surface area contributed by atoms with Gasteiger partial charge in [0, 0.05) is 29.8 Å². The Morgan fingerprint density at radius 1 is 1.48 bits per heavy atom. The summed E-state index contributed by atoms with van der Waals surface area (Å²) in [6, 6.07) is 3.57. The van der Waals surface area contributed by atoms with E-state index in [4.69, 9.17) is 21.1 Å². The van der Waals surface area contributed by atoms with E-state index in [0.29, 0.717) is 41.1 Å². The molecule has 0 bridgehead atoms. The van der Waals surface area contributed by atoms with Gasteiger partial charge in [0.2, 0.25) is 0 Å². The number of aliphatic imine (C=N–C) groups is 1. The van der Waals surface area contributed by atoms with Crippen LogP contribution < -0.4 is 5.32 Å². The second-order valence-electron chi connectivity index (χ2n) is 6.11. The fraction of sp³-hybridized carbons (Fsp3) is 0.444. The highest BCUT2D eigenvalue weighted by atomic mass is 79.9. The minimum absolute atomic E-state index is 0.174. The summed E-state index contributed by atoms with van der Waals surface area (Å²) in [4.78, 5) is 19.3. The van der Waals surface area contributed by atoms with Crippen LogP contribution in [0.2, 0.25) is 0 Å². The molecule has 3 rings (SSSR count). The zero-order chi connectivity index (χ0) is 19.4. The van der Waals surface area contributed by atoms with E-state index in [2.05, 4.69) is 31.1 Å². The van der Waals surface area contributed by atoms with Crippen molar-refractivity contribution in [3.8, 4) is 0 Å². The van der Waals surface area contributed by atoms with Crippen LogP contribution in [-0.2, 0) is 14.3 Å². The van der Waals surface area contributed by atoms with Crippen molar-refractivity contribution in [3.05, 3.63) is 45.3 Å². The van der Waals surface area contributed by atoms with E-state index in [-0.39, 0.29) is 17.7 Å². The Balaban J connectivity index is 2.01. The zero-order valence-corrected chi connectivity index (χ0v) is 17.1. The summed E-state index contributed by atoms with van der Waals surface area (Å²) in [5.74, 6) is -0.854. The third kappa shape index (κ3) is 4.87. The summed E-state index contributed by atoms with van der Waals surface area (Å²) in [6.07, 6.45) is 0. The normalized spacial score (nSPS) is 20.9. The first-order valence-corrected chi connectivity index (χ1v) is 9.82. The number of amidine groups is 1. The summed E-state index contributed by atoms with van der Waals surface area (Å²) < 4.78 is 24.7. The van der Waals surface area contributed by atoms with Crippen LogP contribution in [0.1, 0.15) is 18.5 Å². The molecule has 0 saturated carbocycles. The molecule has 2 aliphatic heterocycles. The number of esters is 1. The molecule has 1 fully saturated rings. The van der Waals surface area contributed by atoms with Crippen LogP contribution in [0, 0.1) is 5.82 Å². The molecule has 1 N–H and O–H groups in total. The van der Waals surface area contributed by atoms with Gasteiger partial charge in [-0.3, -0.25) is 4.90 Å². The van der Waals surface area contributed by atoms with Crippen LogP contribution in [0.5, 0.6) is 0 Å². The zero-order valence-electron chi connectivity index (χ0n) is 14.8. The van der Waals surface area contributed by atoms with Gasteiger partial charge in [0.05, 0.1) is 25.4 Å². The van der Waals surface area contributed by atoms with Gasteiger partial charge in [0.1, 0.15) is 11.9 Å². The van der Waals surface area contributed by atoms with Gasteiger partial charge >= 0.3 is 5.97 Å². The fourth-order valence-corrected chi connectivity index (χ4v) is 3.85. The third-order valence-electron chi connectivity index (χ3n) is 4.33. The Kier molecular flexibility index (Phi) is 6.86. The van der Waals surface area contributed by atoms with Crippen molar-refractivity contribution in [3.63, 3.8) is 0 Å². The van der Waals surface area contributed by atoms with Crippen LogP contribution in [-0.4, -0.2) is 55.6 Å². The maximum atomic E-state index is 13.5. The van der Waals surface area contributed by atoms with E-state index in [1.54, 1.807) is 13.0 Å². The molecular formula is C18H20BrClFN3O3. The fourth-order valence-electron chi connectivity index (χ4n) is 3.07. The summed E-state index contributed by atoms with van der Waals surface area (Å²) in [5.41, 5.74) is 1.65. The van der Waals surface area contributed by atoms with Crippen LogP contribution >= 0.6 is 27.5 Å². The number of carbonyl (C=O) groups excluding carboxylic acids is 1. The molecule has 1 saturated heterocycles. The molecule has 0 aromatic heterocycles. The molecule has 2 heterocycles. The molecule has 146 valence electrons. The Hall–Kier alpha value is -1.48. The van der Waals surface area contributed by atoms with E-state index in [1.807, 2.05) is 0 Å². The standard InChI is InChI=1S/C18H20BrClFN3O3/c1-2-27-17(25)15-14(10-24-5-7-26-8-6-24)22-18(20)23-16(15)12-4-3-11(21)9-13(12)19/h3-4,9,16H,2,5-8,10H2,1H3,(H,22,23). The quantitative estimate of drug-likeness (QED) is 0.541. The second-order valence-corrected chi connectivity index (χ2v) is 7.33. The van der Waals surface area contributed by atoms with Crippen molar-refractivity contribution in [2.45, 2.75) is 13.0 Å². The van der Waals surface area contributed by atoms with Crippen molar-refractivity contribution in [2.75, 3.05) is 39.5 Å². The smallest absolute Gasteiger partial charge is 0.338 e. The average Bonchev–Trinajstić information content (AvgIpc) is 2.62. The highest BCUT2D eigenvalue weighted by Gasteiger charge is 2.33. The Labute approximate surface area is 170 Å². The van der Waals surface area contributed by atoms with Crippen LogP contribution in [0.15, 0.2) is 38.9 Å². The highest BCUT2D eigenvalue weighted by molar-refractivity contribution is 9.10. The lowest BCUT2D eigenvalue weighted by molar-refractivity contribution is -0.139. The van der Waals surface area contributed by atoms with E-state index >= 15 is 0 Å². The number of rotatable bonds is 5. The number of ether oxygens (including phenoxy) is 2. The van der Waals surface area contributed by atoms with Crippen molar-refractivity contribution in [1.82, 2.24) is 10.2 Å².